The van der Waals surface area contributed by atoms with E-state index in [0.29, 0.717) is 6.10 Å². The highest BCUT2D eigenvalue weighted by Gasteiger charge is 2.14. The predicted molar refractivity (Wildman–Crippen MR) is 85.0 cm³/mol. The van der Waals surface area contributed by atoms with Crippen LogP contribution >= 0.6 is 0 Å². The summed E-state index contributed by atoms with van der Waals surface area (Å²) in [6.45, 7) is 5.17. The number of rotatable bonds is 8. The van der Waals surface area contributed by atoms with Gasteiger partial charge >= 0.3 is 0 Å². The van der Waals surface area contributed by atoms with E-state index in [2.05, 4.69) is 36.5 Å². The molecule has 1 aliphatic carbocycles. The summed E-state index contributed by atoms with van der Waals surface area (Å²) in [7, 11) is 0. The van der Waals surface area contributed by atoms with Crippen molar-refractivity contribution in [3.63, 3.8) is 0 Å². The Bertz CT molecular complexity index is 371. The second-order valence-electron chi connectivity index (χ2n) is 5.84. The largest absolute Gasteiger partial charge is 0.374 e. The molecule has 1 aromatic rings. The standard InChI is InChI=1S/C18H29NO/c1-2-13-19-14-12-16-8-6-7-9-17(16)15-20-18-10-4-3-5-11-18/h6-9,18-19H,2-5,10-15H2,1H3. The van der Waals surface area contributed by atoms with Crippen molar-refractivity contribution in [1.82, 2.24) is 5.32 Å². The third-order valence-corrected chi connectivity index (χ3v) is 4.14. The summed E-state index contributed by atoms with van der Waals surface area (Å²) in [6.07, 6.45) is 9.37. The normalized spacial score (nSPS) is 16.4. The first-order chi connectivity index (χ1) is 9.90. The maximum absolute atomic E-state index is 6.12. The lowest BCUT2D eigenvalue weighted by Gasteiger charge is -2.22. The lowest BCUT2D eigenvalue weighted by atomic mass is 9.97. The van der Waals surface area contributed by atoms with Gasteiger partial charge in [-0.25, -0.2) is 0 Å². The van der Waals surface area contributed by atoms with Crippen LogP contribution in [0.4, 0.5) is 0 Å². The maximum atomic E-state index is 6.12. The Hall–Kier alpha value is -0.860. The topological polar surface area (TPSA) is 21.3 Å². The van der Waals surface area contributed by atoms with Crippen LogP contribution in [0.5, 0.6) is 0 Å². The number of hydrogen-bond acceptors (Lipinski definition) is 2. The molecule has 1 aliphatic rings. The minimum Gasteiger partial charge on any atom is -0.374 e. The molecule has 0 spiro atoms. The van der Waals surface area contributed by atoms with E-state index < -0.39 is 0 Å². The molecule has 0 atom stereocenters. The third-order valence-electron chi connectivity index (χ3n) is 4.14. The van der Waals surface area contributed by atoms with Gasteiger partial charge in [-0.1, -0.05) is 50.5 Å². The molecule has 112 valence electrons. The van der Waals surface area contributed by atoms with Gasteiger partial charge < -0.3 is 10.1 Å². The van der Waals surface area contributed by atoms with Crippen LogP contribution in [0.1, 0.15) is 56.6 Å². The van der Waals surface area contributed by atoms with E-state index in [0.717, 1.165) is 26.1 Å². The number of nitrogens with one attached hydrogen (secondary N) is 1. The summed E-state index contributed by atoms with van der Waals surface area (Å²) >= 11 is 0. The molecule has 2 heteroatoms. The summed E-state index contributed by atoms with van der Waals surface area (Å²) < 4.78 is 6.12. The van der Waals surface area contributed by atoms with Gasteiger partial charge in [0.05, 0.1) is 12.7 Å². The molecule has 1 aromatic carbocycles. The number of hydrogen-bond donors (Lipinski definition) is 1. The average Bonchev–Trinajstić information content (AvgIpc) is 2.51. The van der Waals surface area contributed by atoms with Gasteiger partial charge in [0, 0.05) is 0 Å². The highest BCUT2D eigenvalue weighted by Crippen LogP contribution is 2.22. The van der Waals surface area contributed by atoms with Gasteiger partial charge in [0.15, 0.2) is 0 Å². The molecule has 0 saturated heterocycles. The van der Waals surface area contributed by atoms with Gasteiger partial charge in [-0.3, -0.25) is 0 Å². The fourth-order valence-corrected chi connectivity index (χ4v) is 2.91. The maximum Gasteiger partial charge on any atom is 0.0723 e. The lowest BCUT2D eigenvalue weighted by molar-refractivity contribution is 0.0165. The van der Waals surface area contributed by atoms with E-state index in [9.17, 15) is 0 Å². The quantitative estimate of drug-likeness (QED) is 0.722. The van der Waals surface area contributed by atoms with Gasteiger partial charge in [-0.2, -0.15) is 0 Å². The molecule has 0 unspecified atom stereocenters. The van der Waals surface area contributed by atoms with Crippen molar-refractivity contribution in [3.05, 3.63) is 35.4 Å². The van der Waals surface area contributed by atoms with Crippen LogP contribution in [0.3, 0.4) is 0 Å². The fraction of sp³-hybridized carbons (Fsp3) is 0.667. The van der Waals surface area contributed by atoms with E-state index in [-0.39, 0.29) is 0 Å². The summed E-state index contributed by atoms with van der Waals surface area (Å²) in [6, 6.07) is 8.73. The van der Waals surface area contributed by atoms with E-state index in [4.69, 9.17) is 4.74 Å². The summed E-state index contributed by atoms with van der Waals surface area (Å²) in [5, 5.41) is 3.48. The second kappa shape index (κ2) is 9.15. The van der Waals surface area contributed by atoms with Gasteiger partial charge in [0.2, 0.25) is 0 Å². The van der Waals surface area contributed by atoms with Crippen LogP contribution in [-0.2, 0) is 17.8 Å². The third kappa shape index (κ3) is 5.26. The predicted octanol–water partition coefficient (Wildman–Crippen LogP) is 4.08. The Morgan fingerprint density at radius 1 is 1.05 bits per heavy atom. The van der Waals surface area contributed by atoms with Crippen molar-refractivity contribution in [2.24, 2.45) is 0 Å². The Kier molecular flexibility index (Phi) is 7.10. The van der Waals surface area contributed by atoms with Gasteiger partial charge in [-0.05, 0) is 49.9 Å². The SMILES string of the molecule is CCCNCCc1ccccc1COC1CCCCC1. The lowest BCUT2D eigenvalue weighted by Crippen LogP contribution is -2.19. The van der Waals surface area contributed by atoms with Crippen LogP contribution in [0.2, 0.25) is 0 Å². The van der Waals surface area contributed by atoms with Crippen LogP contribution in [0.15, 0.2) is 24.3 Å². The first kappa shape index (κ1) is 15.5. The summed E-state index contributed by atoms with van der Waals surface area (Å²) in [5.41, 5.74) is 2.81. The summed E-state index contributed by atoms with van der Waals surface area (Å²) in [4.78, 5) is 0. The minimum atomic E-state index is 0.495. The first-order valence-corrected chi connectivity index (χ1v) is 8.29. The number of benzene rings is 1. The molecule has 0 amide bonds. The smallest absolute Gasteiger partial charge is 0.0723 e. The molecule has 0 radical (unpaired) electrons. The first-order valence-electron chi connectivity index (χ1n) is 8.29. The Morgan fingerprint density at radius 3 is 2.55 bits per heavy atom. The van der Waals surface area contributed by atoms with E-state index in [1.165, 1.54) is 49.7 Å². The highest BCUT2D eigenvalue weighted by molar-refractivity contribution is 5.26. The minimum absolute atomic E-state index is 0.495. The Morgan fingerprint density at radius 2 is 1.80 bits per heavy atom. The zero-order chi connectivity index (χ0) is 14.0. The molecule has 0 aromatic heterocycles. The van der Waals surface area contributed by atoms with Crippen LogP contribution < -0.4 is 5.32 Å². The molecular formula is C18H29NO. The Balaban J connectivity index is 1.80. The zero-order valence-corrected chi connectivity index (χ0v) is 12.9. The van der Waals surface area contributed by atoms with E-state index >= 15 is 0 Å². The van der Waals surface area contributed by atoms with Gasteiger partial charge in [0.1, 0.15) is 0 Å². The van der Waals surface area contributed by atoms with Crippen molar-refractivity contribution >= 4 is 0 Å². The van der Waals surface area contributed by atoms with E-state index in [1.54, 1.807) is 0 Å². The van der Waals surface area contributed by atoms with Crippen LogP contribution in [-0.4, -0.2) is 19.2 Å². The molecular weight excluding hydrogens is 246 g/mol. The van der Waals surface area contributed by atoms with E-state index in [1.807, 2.05) is 0 Å². The van der Waals surface area contributed by atoms with Crippen molar-refractivity contribution in [2.75, 3.05) is 13.1 Å². The molecule has 20 heavy (non-hydrogen) atoms. The molecule has 1 N–H and O–H groups in total. The van der Waals surface area contributed by atoms with Crippen molar-refractivity contribution < 1.29 is 4.74 Å². The molecule has 2 nitrogen and oxygen atoms in total. The molecule has 0 aliphatic heterocycles. The zero-order valence-electron chi connectivity index (χ0n) is 12.9. The summed E-state index contributed by atoms with van der Waals surface area (Å²) in [5.74, 6) is 0. The van der Waals surface area contributed by atoms with Gasteiger partial charge in [-0.15, -0.1) is 0 Å². The molecule has 0 heterocycles. The fourth-order valence-electron chi connectivity index (χ4n) is 2.91. The monoisotopic (exact) mass is 275 g/mol. The number of ether oxygens (including phenoxy) is 1. The highest BCUT2D eigenvalue weighted by atomic mass is 16.5. The van der Waals surface area contributed by atoms with Gasteiger partial charge in [0.25, 0.3) is 0 Å². The Labute approximate surface area is 123 Å². The second-order valence-corrected chi connectivity index (χ2v) is 5.84. The molecule has 1 fully saturated rings. The van der Waals surface area contributed by atoms with Crippen LogP contribution in [0.25, 0.3) is 0 Å². The van der Waals surface area contributed by atoms with Crippen molar-refractivity contribution in [3.8, 4) is 0 Å². The average molecular weight is 275 g/mol. The van der Waals surface area contributed by atoms with Crippen LogP contribution in [0, 0.1) is 0 Å². The molecule has 1 saturated carbocycles. The molecule has 0 bridgehead atoms. The van der Waals surface area contributed by atoms with Crippen molar-refractivity contribution in [1.29, 1.82) is 0 Å². The molecule has 2 rings (SSSR count). The van der Waals surface area contributed by atoms with Crippen molar-refractivity contribution in [2.45, 2.75) is 64.6 Å².